The zero-order chi connectivity index (χ0) is 13.8. The van der Waals surface area contributed by atoms with Crippen molar-refractivity contribution in [2.75, 3.05) is 11.9 Å². The number of benzene rings is 1. The smallest absolute Gasteiger partial charge is 0.313 e. The molecule has 7 heteroatoms. The number of anilines is 1. The van der Waals surface area contributed by atoms with Crippen LogP contribution in [0.1, 0.15) is 0 Å². The van der Waals surface area contributed by atoms with E-state index < -0.39 is 11.8 Å². The van der Waals surface area contributed by atoms with Gasteiger partial charge in [0, 0.05) is 10.4 Å². The summed E-state index contributed by atoms with van der Waals surface area (Å²) in [6.07, 6.45) is 0. The van der Waals surface area contributed by atoms with Crippen LogP contribution in [0, 0.1) is 0 Å². The van der Waals surface area contributed by atoms with Crippen molar-refractivity contribution < 1.29 is 9.59 Å². The summed E-state index contributed by atoms with van der Waals surface area (Å²) >= 11 is 6.22. The van der Waals surface area contributed by atoms with Gasteiger partial charge in [-0.3, -0.25) is 9.59 Å². The summed E-state index contributed by atoms with van der Waals surface area (Å²) in [5.41, 5.74) is 5.80. The van der Waals surface area contributed by atoms with Gasteiger partial charge >= 0.3 is 11.8 Å². The van der Waals surface area contributed by atoms with Gasteiger partial charge in [0.25, 0.3) is 0 Å². The summed E-state index contributed by atoms with van der Waals surface area (Å²) in [4.78, 5) is 23.1. The molecule has 5 nitrogen and oxygen atoms in total. The van der Waals surface area contributed by atoms with Crippen LogP contribution in [0.2, 0.25) is 0 Å². The third kappa shape index (κ3) is 3.49. The van der Waals surface area contributed by atoms with E-state index >= 15 is 0 Å². The number of thiocarbonyl (C=S) groups is 1. The maximum absolute atomic E-state index is 11.6. The minimum absolute atomic E-state index is 0.00511. The van der Waals surface area contributed by atoms with Crippen LogP contribution in [-0.2, 0) is 9.59 Å². The number of carbonyl (C=O) groups excluding carboxylic acids is 2. The van der Waals surface area contributed by atoms with Gasteiger partial charge in [-0.15, -0.1) is 11.3 Å². The number of hydrogen-bond donors (Lipinski definition) is 3. The van der Waals surface area contributed by atoms with Crippen molar-refractivity contribution >= 4 is 56.1 Å². The van der Waals surface area contributed by atoms with E-state index in [9.17, 15) is 9.59 Å². The molecule has 98 valence electrons. The predicted molar refractivity (Wildman–Crippen MR) is 80.2 cm³/mol. The largest absolute Gasteiger partial charge is 0.392 e. The third-order valence-electron chi connectivity index (χ3n) is 2.34. The number of nitrogens with two attached hydrogens (primary N) is 1. The Morgan fingerprint density at radius 2 is 2.05 bits per heavy atom. The number of nitrogens with one attached hydrogen (secondary N) is 2. The van der Waals surface area contributed by atoms with Crippen molar-refractivity contribution in [2.45, 2.75) is 0 Å². The zero-order valence-corrected chi connectivity index (χ0v) is 11.4. The molecule has 2 aromatic rings. The fourth-order valence-electron chi connectivity index (χ4n) is 1.48. The molecule has 2 rings (SSSR count). The van der Waals surface area contributed by atoms with Gasteiger partial charge in [0.2, 0.25) is 0 Å². The molecule has 1 aromatic heterocycles. The van der Waals surface area contributed by atoms with E-state index in [1.54, 1.807) is 17.4 Å². The Hall–Kier alpha value is -1.99. The van der Waals surface area contributed by atoms with E-state index in [-0.39, 0.29) is 11.5 Å². The topological polar surface area (TPSA) is 84.2 Å². The van der Waals surface area contributed by atoms with E-state index in [4.69, 9.17) is 5.73 Å². The third-order valence-corrected chi connectivity index (χ3v) is 3.38. The van der Waals surface area contributed by atoms with Crippen molar-refractivity contribution in [1.29, 1.82) is 0 Å². The molecular weight excluding hydrogens is 282 g/mol. The van der Waals surface area contributed by atoms with Gasteiger partial charge in [-0.05, 0) is 35.0 Å². The van der Waals surface area contributed by atoms with Gasteiger partial charge in [-0.25, -0.2) is 0 Å². The molecule has 0 aliphatic rings. The highest BCUT2D eigenvalue weighted by Gasteiger charge is 2.13. The Morgan fingerprint density at radius 1 is 1.26 bits per heavy atom. The lowest BCUT2D eigenvalue weighted by Gasteiger charge is -2.05. The van der Waals surface area contributed by atoms with Gasteiger partial charge in [0.1, 0.15) is 0 Å². The molecule has 0 saturated carbocycles. The second-order valence-electron chi connectivity index (χ2n) is 3.78. The van der Waals surface area contributed by atoms with E-state index in [1.165, 1.54) is 0 Å². The molecule has 19 heavy (non-hydrogen) atoms. The number of rotatable bonds is 3. The summed E-state index contributed by atoms with van der Waals surface area (Å²) in [5.74, 6) is -1.51. The summed E-state index contributed by atoms with van der Waals surface area (Å²) in [6.45, 7) is 0.00511. The van der Waals surface area contributed by atoms with Crippen LogP contribution < -0.4 is 16.4 Å². The van der Waals surface area contributed by atoms with Crippen molar-refractivity contribution in [3.8, 4) is 0 Å². The maximum Gasteiger partial charge on any atom is 0.313 e. The first-order valence-electron chi connectivity index (χ1n) is 5.41. The fraction of sp³-hybridized carbons (Fsp3) is 0.0833. The molecular formula is C12H11N3O2S2. The van der Waals surface area contributed by atoms with Crippen LogP contribution in [0.25, 0.3) is 10.1 Å². The van der Waals surface area contributed by atoms with E-state index in [2.05, 4.69) is 22.9 Å². The monoisotopic (exact) mass is 293 g/mol. The van der Waals surface area contributed by atoms with E-state index in [0.29, 0.717) is 5.69 Å². The number of thiophene rings is 1. The van der Waals surface area contributed by atoms with Gasteiger partial charge in [0.15, 0.2) is 0 Å². The molecule has 0 unspecified atom stereocenters. The molecule has 1 heterocycles. The molecule has 0 fully saturated rings. The first-order chi connectivity index (χ1) is 9.06. The zero-order valence-electron chi connectivity index (χ0n) is 9.80. The van der Waals surface area contributed by atoms with Crippen LogP contribution in [0.15, 0.2) is 29.6 Å². The molecule has 0 bridgehead atoms. The van der Waals surface area contributed by atoms with Crippen molar-refractivity contribution in [1.82, 2.24) is 5.32 Å². The SMILES string of the molecule is NC(=S)CNC(=O)C(=O)Nc1ccc2sccc2c1. The van der Waals surface area contributed by atoms with Crippen LogP contribution in [0.3, 0.4) is 0 Å². The molecule has 0 saturated heterocycles. The minimum atomic E-state index is -0.766. The summed E-state index contributed by atoms with van der Waals surface area (Å²) in [7, 11) is 0. The Labute approximate surface area is 118 Å². The average Bonchev–Trinajstić information content (AvgIpc) is 2.83. The van der Waals surface area contributed by atoms with Crippen LogP contribution in [-0.4, -0.2) is 23.3 Å². The standard InChI is InChI=1S/C12H11N3O2S2/c13-10(18)6-14-11(16)12(17)15-8-1-2-9-7(5-8)3-4-19-9/h1-5H,6H2,(H2,13,18)(H,14,16)(H,15,17). The Kier molecular flexibility index (Phi) is 4.08. The molecule has 0 atom stereocenters. The molecule has 4 N–H and O–H groups in total. The molecule has 0 aliphatic heterocycles. The number of carbonyl (C=O) groups is 2. The fourth-order valence-corrected chi connectivity index (χ4v) is 2.32. The second kappa shape index (κ2) is 5.77. The van der Waals surface area contributed by atoms with Gasteiger partial charge in [-0.2, -0.15) is 0 Å². The van der Waals surface area contributed by atoms with Gasteiger partial charge < -0.3 is 16.4 Å². The molecule has 0 aliphatic carbocycles. The summed E-state index contributed by atoms with van der Waals surface area (Å²) in [6, 6.07) is 7.40. The summed E-state index contributed by atoms with van der Waals surface area (Å²) < 4.78 is 1.12. The Balaban J connectivity index is 2.01. The molecule has 0 radical (unpaired) electrons. The van der Waals surface area contributed by atoms with Crippen LogP contribution in [0.5, 0.6) is 0 Å². The highest BCUT2D eigenvalue weighted by molar-refractivity contribution is 7.80. The predicted octanol–water partition coefficient (Wildman–Crippen LogP) is 1.24. The Bertz CT molecular complexity index is 651. The lowest BCUT2D eigenvalue weighted by Crippen LogP contribution is -2.39. The van der Waals surface area contributed by atoms with E-state index in [0.717, 1.165) is 10.1 Å². The highest BCUT2D eigenvalue weighted by Crippen LogP contribution is 2.23. The first kappa shape index (κ1) is 13.4. The quantitative estimate of drug-likeness (QED) is 0.587. The average molecular weight is 293 g/mol. The van der Waals surface area contributed by atoms with Crippen molar-refractivity contribution in [2.24, 2.45) is 5.73 Å². The first-order valence-corrected chi connectivity index (χ1v) is 6.70. The normalized spacial score (nSPS) is 10.1. The lowest BCUT2D eigenvalue weighted by molar-refractivity contribution is -0.135. The van der Waals surface area contributed by atoms with E-state index in [1.807, 2.05) is 23.6 Å². The maximum atomic E-state index is 11.6. The van der Waals surface area contributed by atoms with Gasteiger partial charge in [0.05, 0.1) is 11.5 Å². The number of fused-ring (bicyclic) bond motifs is 1. The van der Waals surface area contributed by atoms with Crippen LogP contribution >= 0.6 is 23.6 Å². The van der Waals surface area contributed by atoms with Crippen LogP contribution in [0.4, 0.5) is 5.69 Å². The minimum Gasteiger partial charge on any atom is -0.392 e. The Morgan fingerprint density at radius 3 is 2.79 bits per heavy atom. The molecule has 2 amide bonds. The van der Waals surface area contributed by atoms with Crippen molar-refractivity contribution in [3.63, 3.8) is 0 Å². The van der Waals surface area contributed by atoms with Crippen molar-refractivity contribution in [3.05, 3.63) is 29.6 Å². The van der Waals surface area contributed by atoms with Gasteiger partial charge in [-0.1, -0.05) is 12.2 Å². The molecule has 0 spiro atoms. The second-order valence-corrected chi connectivity index (χ2v) is 5.25. The summed E-state index contributed by atoms with van der Waals surface area (Å²) in [5, 5.41) is 7.82. The number of hydrogen-bond acceptors (Lipinski definition) is 4. The molecule has 1 aromatic carbocycles. The highest BCUT2D eigenvalue weighted by atomic mass is 32.1. The number of amides is 2. The lowest BCUT2D eigenvalue weighted by atomic mass is 10.2.